The lowest BCUT2D eigenvalue weighted by Gasteiger charge is -2.25. The van der Waals surface area contributed by atoms with Crippen LogP contribution in [0, 0.1) is 5.92 Å². The predicted molar refractivity (Wildman–Crippen MR) is 82.3 cm³/mol. The number of benzene rings is 1. The van der Waals surface area contributed by atoms with Crippen molar-refractivity contribution in [2.24, 2.45) is 5.92 Å². The fourth-order valence-electron chi connectivity index (χ4n) is 2.64. The molecule has 1 aromatic carbocycles. The molecule has 0 bridgehead atoms. The highest BCUT2D eigenvalue weighted by atomic mass is 32.1. The molecule has 0 aliphatic carbocycles. The van der Waals surface area contributed by atoms with Gasteiger partial charge in [0.15, 0.2) is 0 Å². The molecule has 1 aromatic heterocycles. The molecule has 1 N–H and O–H groups in total. The molecule has 18 heavy (non-hydrogen) atoms. The zero-order chi connectivity index (χ0) is 13.0. The van der Waals surface area contributed by atoms with E-state index in [9.17, 15) is 0 Å². The van der Waals surface area contributed by atoms with Crippen LogP contribution in [0.2, 0.25) is 0 Å². The van der Waals surface area contributed by atoms with Crippen molar-refractivity contribution in [2.45, 2.75) is 39.7 Å². The normalized spacial score (nSPS) is 13.3. The Kier molecular flexibility index (Phi) is 4.79. The SMILES string of the molecule is CCNC(c1cc2ccccc2s1)C(CC)CC. The molecule has 1 nitrogen and oxygen atoms in total. The Bertz CT molecular complexity index is 452. The molecule has 2 aromatic rings. The molecule has 1 atom stereocenters. The summed E-state index contributed by atoms with van der Waals surface area (Å²) in [5, 5.41) is 5.05. The van der Waals surface area contributed by atoms with Crippen LogP contribution in [0.5, 0.6) is 0 Å². The van der Waals surface area contributed by atoms with Gasteiger partial charge in [-0.15, -0.1) is 11.3 Å². The maximum atomic E-state index is 3.67. The standard InChI is InChI=1S/C16H23NS/c1-4-12(5-2)16(17-6-3)15-11-13-9-7-8-10-14(13)18-15/h7-12,16-17H,4-6H2,1-3H3. The van der Waals surface area contributed by atoms with Crippen molar-refractivity contribution in [3.8, 4) is 0 Å². The first-order valence-corrected chi connectivity index (χ1v) is 7.83. The van der Waals surface area contributed by atoms with Gasteiger partial charge in [0.2, 0.25) is 0 Å². The van der Waals surface area contributed by atoms with E-state index in [4.69, 9.17) is 0 Å². The van der Waals surface area contributed by atoms with Crippen LogP contribution in [0.3, 0.4) is 0 Å². The number of thiophene rings is 1. The molecular formula is C16H23NS. The highest BCUT2D eigenvalue weighted by Gasteiger charge is 2.21. The molecule has 1 heterocycles. The van der Waals surface area contributed by atoms with Gasteiger partial charge in [-0.05, 0) is 30.0 Å². The summed E-state index contributed by atoms with van der Waals surface area (Å²) in [6, 6.07) is 11.6. The summed E-state index contributed by atoms with van der Waals surface area (Å²) >= 11 is 1.94. The van der Waals surface area contributed by atoms with Gasteiger partial charge in [0.1, 0.15) is 0 Å². The number of hydrogen-bond acceptors (Lipinski definition) is 2. The van der Waals surface area contributed by atoms with Crippen LogP contribution in [0.1, 0.15) is 44.5 Å². The Morgan fingerprint density at radius 1 is 1.11 bits per heavy atom. The predicted octanol–water partition coefficient (Wildman–Crippen LogP) is 4.99. The zero-order valence-electron chi connectivity index (χ0n) is 11.6. The van der Waals surface area contributed by atoms with E-state index in [1.807, 2.05) is 11.3 Å². The lowest BCUT2D eigenvalue weighted by molar-refractivity contribution is 0.351. The first kappa shape index (κ1) is 13.6. The summed E-state index contributed by atoms with van der Waals surface area (Å²) in [6.45, 7) is 7.83. The lowest BCUT2D eigenvalue weighted by atomic mass is 9.93. The minimum Gasteiger partial charge on any atom is -0.309 e. The largest absolute Gasteiger partial charge is 0.309 e. The van der Waals surface area contributed by atoms with E-state index < -0.39 is 0 Å². The van der Waals surface area contributed by atoms with E-state index in [2.05, 4.69) is 56.4 Å². The van der Waals surface area contributed by atoms with Crippen molar-refractivity contribution in [1.29, 1.82) is 0 Å². The summed E-state index contributed by atoms with van der Waals surface area (Å²) in [5.41, 5.74) is 0. The minimum atomic E-state index is 0.516. The second kappa shape index (κ2) is 6.35. The molecule has 0 aliphatic heterocycles. The highest BCUT2D eigenvalue weighted by Crippen LogP contribution is 2.35. The summed E-state index contributed by atoms with van der Waals surface area (Å²) in [6.07, 6.45) is 2.48. The molecule has 0 saturated heterocycles. The van der Waals surface area contributed by atoms with Crippen LogP contribution in [-0.4, -0.2) is 6.54 Å². The van der Waals surface area contributed by atoms with Crippen LogP contribution < -0.4 is 5.32 Å². The first-order valence-electron chi connectivity index (χ1n) is 7.02. The number of hydrogen-bond donors (Lipinski definition) is 1. The van der Waals surface area contributed by atoms with Gasteiger partial charge in [0.05, 0.1) is 0 Å². The summed E-state index contributed by atoms with van der Waals surface area (Å²) < 4.78 is 1.40. The van der Waals surface area contributed by atoms with E-state index in [-0.39, 0.29) is 0 Å². The Morgan fingerprint density at radius 2 is 1.83 bits per heavy atom. The second-order valence-corrected chi connectivity index (χ2v) is 5.91. The molecule has 2 heteroatoms. The van der Waals surface area contributed by atoms with E-state index in [1.54, 1.807) is 0 Å². The minimum absolute atomic E-state index is 0.516. The molecule has 0 saturated carbocycles. The van der Waals surface area contributed by atoms with E-state index >= 15 is 0 Å². The fraction of sp³-hybridized carbons (Fsp3) is 0.500. The van der Waals surface area contributed by atoms with Crippen molar-refractivity contribution in [1.82, 2.24) is 5.32 Å². The number of fused-ring (bicyclic) bond motifs is 1. The Hall–Kier alpha value is -0.860. The summed E-state index contributed by atoms with van der Waals surface area (Å²) in [4.78, 5) is 1.49. The third kappa shape index (κ3) is 2.76. The van der Waals surface area contributed by atoms with Gasteiger partial charge in [0, 0.05) is 15.6 Å². The third-order valence-electron chi connectivity index (χ3n) is 3.70. The molecule has 2 rings (SSSR count). The molecule has 0 aliphatic rings. The molecule has 98 valence electrons. The average Bonchev–Trinajstić information content (AvgIpc) is 2.82. The maximum Gasteiger partial charge on any atom is 0.0443 e. The summed E-state index contributed by atoms with van der Waals surface area (Å²) in [5.74, 6) is 0.734. The topological polar surface area (TPSA) is 12.0 Å². The van der Waals surface area contributed by atoms with Crippen molar-refractivity contribution in [2.75, 3.05) is 6.54 Å². The van der Waals surface area contributed by atoms with Crippen LogP contribution in [0.4, 0.5) is 0 Å². The van der Waals surface area contributed by atoms with Gasteiger partial charge in [0.25, 0.3) is 0 Å². The Labute approximate surface area is 114 Å². The quantitative estimate of drug-likeness (QED) is 0.772. The molecule has 0 amide bonds. The van der Waals surface area contributed by atoms with E-state index in [0.29, 0.717) is 6.04 Å². The van der Waals surface area contributed by atoms with Gasteiger partial charge in [-0.2, -0.15) is 0 Å². The van der Waals surface area contributed by atoms with Crippen LogP contribution in [-0.2, 0) is 0 Å². The maximum absolute atomic E-state index is 3.67. The zero-order valence-corrected chi connectivity index (χ0v) is 12.4. The molecule has 0 radical (unpaired) electrons. The highest BCUT2D eigenvalue weighted by molar-refractivity contribution is 7.19. The monoisotopic (exact) mass is 261 g/mol. The Balaban J connectivity index is 2.34. The number of nitrogens with one attached hydrogen (secondary N) is 1. The van der Waals surface area contributed by atoms with Gasteiger partial charge in [-0.25, -0.2) is 0 Å². The molecule has 0 fully saturated rings. The van der Waals surface area contributed by atoms with Gasteiger partial charge >= 0.3 is 0 Å². The van der Waals surface area contributed by atoms with Crippen LogP contribution >= 0.6 is 11.3 Å². The van der Waals surface area contributed by atoms with Crippen molar-refractivity contribution >= 4 is 21.4 Å². The van der Waals surface area contributed by atoms with E-state index in [1.165, 1.54) is 27.8 Å². The Morgan fingerprint density at radius 3 is 2.44 bits per heavy atom. The van der Waals surface area contributed by atoms with Crippen molar-refractivity contribution in [3.05, 3.63) is 35.2 Å². The van der Waals surface area contributed by atoms with Crippen LogP contribution in [0.15, 0.2) is 30.3 Å². The van der Waals surface area contributed by atoms with Gasteiger partial charge < -0.3 is 5.32 Å². The third-order valence-corrected chi connectivity index (χ3v) is 4.89. The molecule has 1 unspecified atom stereocenters. The second-order valence-electron chi connectivity index (χ2n) is 4.80. The molecule has 0 spiro atoms. The lowest BCUT2D eigenvalue weighted by Crippen LogP contribution is -2.26. The van der Waals surface area contributed by atoms with Crippen molar-refractivity contribution < 1.29 is 0 Å². The molecular weight excluding hydrogens is 238 g/mol. The van der Waals surface area contributed by atoms with Crippen LogP contribution in [0.25, 0.3) is 10.1 Å². The fourth-order valence-corrected chi connectivity index (χ4v) is 3.87. The van der Waals surface area contributed by atoms with E-state index in [0.717, 1.165) is 12.5 Å². The first-order chi connectivity index (χ1) is 8.80. The van der Waals surface area contributed by atoms with Gasteiger partial charge in [-0.3, -0.25) is 0 Å². The number of rotatable bonds is 6. The average molecular weight is 261 g/mol. The summed E-state index contributed by atoms with van der Waals surface area (Å²) in [7, 11) is 0. The smallest absolute Gasteiger partial charge is 0.0443 e. The van der Waals surface area contributed by atoms with Gasteiger partial charge in [-0.1, -0.05) is 51.8 Å². The van der Waals surface area contributed by atoms with Crippen molar-refractivity contribution in [3.63, 3.8) is 0 Å².